The first-order chi connectivity index (χ1) is 11.7. The molecule has 0 aromatic heterocycles. The zero-order valence-electron chi connectivity index (χ0n) is 13.5. The number of anilines is 1. The van der Waals surface area contributed by atoms with E-state index in [1.807, 2.05) is 0 Å². The Morgan fingerprint density at radius 2 is 2.04 bits per heavy atom. The summed E-state index contributed by atoms with van der Waals surface area (Å²) in [5.74, 6) is 0.256. The van der Waals surface area contributed by atoms with Crippen LogP contribution in [0.1, 0.15) is 25.3 Å². The monoisotopic (exact) mass is 410 g/mol. The number of rotatable bonds is 3. The summed E-state index contributed by atoms with van der Waals surface area (Å²) < 4.78 is 38.9. The Balaban J connectivity index is 1.89. The molecule has 2 rings (SSSR count). The number of carbonyl (C=O) groups is 1. The summed E-state index contributed by atoms with van der Waals surface area (Å²) >= 11 is 12.4. The van der Waals surface area contributed by atoms with E-state index in [-0.39, 0.29) is 16.5 Å². The van der Waals surface area contributed by atoms with E-state index in [2.05, 4.69) is 17.1 Å². The molecule has 1 fully saturated rings. The molecular weight excluding hydrogens is 393 g/mol. The minimum absolute atomic E-state index is 0.0253. The smallest absolute Gasteiger partial charge is 0.357 e. The van der Waals surface area contributed by atoms with E-state index in [9.17, 15) is 18.0 Å². The minimum atomic E-state index is -4.49. The average Bonchev–Trinajstić information content (AvgIpc) is 2.54. The van der Waals surface area contributed by atoms with Gasteiger partial charge in [-0.15, -0.1) is 0 Å². The molecule has 0 atom stereocenters. The van der Waals surface area contributed by atoms with Crippen molar-refractivity contribution in [2.45, 2.75) is 25.9 Å². The molecule has 138 valence electrons. The van der Waals surface area contributed by atoms with Gasteiger partial charge in [-0.25, -0.2) is 0 Å². The average molecular weight is 411 g/mol. The van der Waals surface area contributed by atoms with Crippen molar-refractivity contribution >= 4 is 51.5 Å². The van der Waals surface area contributed by atoms with Crippen molar-refractivity contribution in [1.29, 1.82) is 0 Å². The number of carbonyl (C=O) groups excluding carboxylic acids is 1. The Kier molecular flexibility index (Phi) is 6.99. The fraction of sp³-hybridized carbons (Fsp3) is 0.500. The minimum Gasteiger partial charge on any atom is -0.357 e. The molecule has 0 aliphatic carbocycles. The van der Waals surface area contributed by atoms with E-state index in [1.54, 1.807) is 0 Å². The molecule has 1 aromatic rings. The summed E-state index contributed by atoms with van der Waals surface area (Å²) in [6, 6.07) is 2.82. The maximum atomic E-state index is 12.7. The van der Waals surface area contributed by atoms with Gasteiger partial charge in [0.25, 0.3) is 0 Å². The third-order valence-electron chi connectivity index (χ3n) is 3.94. The maximum absolute atomic E-state index is 12.7. The lowest BCUT2D eigenvalue weighted by Crippen LogP contribution is -2.36. The van der Waals surface area contributed by atoms with Crippen LogP contribution in [0.3, 0.4) is 0 Å². The standard InChI is InChI=1S/C16H18ClF3N2OS2/c1-10-4-6-22(7-5-10)15(24)25-9-14(23)21-13-8-11(16(18,19)20)2-3-12(13)17/h2-3,8,10H,4-7,9H2,1H3,(H,21,23). The normalized spacial score (nSPS) is 16.0. The number of hydrogen-bond acceptors (Lipinski definition) is 3. The van der Waals surface area contributed by atoms with Gasteiger partial charge in [-0.2, -0.15) is 13.2 Å². The number of thioether (sulfide) groups is 1. The Morgan fingerprint density at radius 1 is 1.40 bits per heavy atom. The highest BCUT2D eigenvalue weighted by Gasteiger charge is 2.31. The number of likely N-dealkylation sites (tertiary alicyclic amines) is 1. The van der Waals surface area contributed by atoms with Crippen LogP contribution in [0.2, 0.25) is 5.02 Å². The number of thiocarbonyl (C=S) groups is 1. The molecule has 0 spiro atoms. The number of piperidine rings is 1. The van der Waals surface area contributed by atoms with E-state index in [1.165, 1.54) is 11.8 Å². The summed E-state index contributed by atoms with van der Waals surface area (Å²) in [6.45, 7) is 3.93. The van der Waals surface area contributed by atoms with E-state index in [4.69, 9.17) is 23.8 Å². The first kappa shape index (κ1) is 20.3. The summed E-state index contributed by atoms with van der Waals surface area (Å²) in [7, 11) is 0. The SMILES string of the molecule is CC1CCN(C(=S)SCC(=O)Nc2cc(C(F)(F)F)ccc2Cl)CC1. The van der Waals surface area contributed by atoms with Gasteiger partial charge in [-0.1, -0.05) is 42.5 Å². The van der Waals surface area contributed by atoms with Gasteiger partial charge < -0.3 is 10.2 Å². The molecule has 9 heteroatoms. The number of halogens is 4. The lowest BCUT2D eigenvalue weighted by molar-refractivity contribution is -0.137. The molecule has 1 aromatic carbocycles. The van der Waals surface area contributed by atoms with Crippen LogP contribution < -0.4 is 5.32 Å². The van der Waals surface area contributed by atoms with E-state index in [0.717, 1.165) is 44.1 Å². The van der Waals surface area contributed by atoms with Crippen molar-refractivity contribution in [2.24, 2.45) is 5.92 Å². The quantitative estimate of drug-likeness (QED) is 0.707. The summed E-state index contributed by atoms with van der Waals surface area (Å²) in [5, 5.41) is 2.47. The zero-order chi connectivity index (χ0) is 18.6. The van der Waals surface area contributed by atoms with Gasteiger partial charge in [-0.05, 0) is 37.0 Å². The highest BCUT2D eigenvalue weighted by molar-refractivity contribution is 8.23. The van der Waals surface area contributed by atoms with Crippen LogP contribution in [-0.2, 0) is 11.0 Å². The van der Waals surface area contributed by atoms with Crippen LogP contribution in [0.15, 0.2) is 18.2 Å². The molecule has 0 bridgehead atoms. The largest absolute Gasteiger partial charge is 0.416 e. The van der Waals surface area contributed by atoms with Crippen molar-refractivity contribution in [3.63, 3.8) is 0 Å². The molecule has 25 heavy (non-hydrogen) atoms. The highest BCUT2D eigenvalue weighted by Crippen LogP contribution is 2.33. The Labute approximate surface area is 159 Å². The molecule has 1 saturated heterocycles. The van der Waals surface area contributed by atoms with Crippen LogP contribution in [0, 0.1) is 5.92 Å². The van der Waals surface area contributed by atoms with Crippen LogP contribution in [-0.4, -0.2) is 34.0 Å². The number of amides is 1. The highest BCUT2D eigenvalue weighted by atomic mass is 35.5. The molecule has 1 amide bonds. The number of benzene rings is 1. The first-order valence-corrected chi connectivity index (χ1v) is 9.52. The Morgan fingerprint density at radius 3 is 2.64 bits per heavy atom. The van der Waals surface area contributed by atoms with Crippen LogP contribution in [0.5, 0.6) is 0 Å². The van der Waals surface area contributed by atoms with E-state index < -0.39 is 17.6 Å². The van der Waals surface area contributed by atoms with Crippen LogP contribution in [0.25, 0.3) is 0 Å². The third kappa shape index (κ3) is 6.04. The van der Waals surface area contributed by atoms with Crippen LogP contribution in [0.4, 0.5) is 18.9 Å². The van der Waals surface area contributed by atoms with Gasteiger partial charge >= 0.3 is 6.18 Å². The van der Waals surface area contributed by atoms with Crippen LogP contribution >= 0.6 is 35.6 Å². The lowest BCUT2D eigenvalue weighted by Gasteiger charge is -2.31. The van der Waals surface area contributed by atoms with Crippen molar-refractivity contribution < 1.29 is 18.0 Å². The van der Waals surface area contributed by atoms with Crippen molar-refractivity contribution in [2.75, 3.05) is 24.2 Å². The van der Waals surface area contributed by atoms with Crippen molar-refractivity contribution in [1.82, 2.24) is 4.90 Å². The second-order valence-corrected chi connectivity index (χ2v) is 7.98. The zero-order valence-corrected chi connectivity index (χ0v) is 15.9. The van der Waals surface area contributed by atoms with Gasteiger partial charge in [0.1, 0.15) is 4.32 Å². The van der Waals surface area contributed by atoms with E-state index in [0.29, 0.717) is 10.2 Å². The summed E-state index contributed by atoms with van der Waals surface area (Å²) in [6.07, 6.45) is -2.37. The molecule has 1 heterocycles. The maximum Gasteiger partial charge on any atom is 0.416 e. The van der Waals surface area contributed by atoms with E-state index >= 15 is 0 Å². The molecule has 0 radical (unpaired) electrons. The third-order valence-corrected chi connectivity index (χ3v) is 5.79. The number of nitrogens with zero attached hydrogens (tertiary/aromatic N) is 1. The predicted molar refractivity (Wildman–Crippen MR) is 100 cm³/mol. The number of hydrogen-bond donors (Lipinski definition) is 1. The van der Waals surface area contributed by atoms with Gasteiger partial charge in [0.05, 0.1) is 22.0 Å². The second kappa shape index (κ2) is 8.60. The molecule has 3 nitrogen and oxygen atoms in total. The lowest BCUT2D eigenvalue weighted by atomic mass is 10.00. The molecule has 1 aliphatic heterocycles. The van der Waals surface area contributed by atoms with Gasteiger partial charge in [-0.3, -0.25) is 4.79 Å². The van der Waals surface area contributed by atoms with Crippen molar-refractivity contribution in [3.05, 3.63) is 28.8 Å². The van der Waals surface area contributed by atoms with Gasteiger partial charge in [0.15, 0.2) is 0 Å². The molecule has 0 unspecified atom stereocenters. The fourth-order valence-electron chi connectivity index (χ4n) is 2.39. The molecule has 1 aliphatic rings. The van der Waals surface area contributed by atoms with Gasteiger partial charge in [0, 0.05) is 13.1 Å². The molecule has 1 N–H and O–H groups in total. The molecular formula is C16H18ClF3N2OS2. The topological polar surface area (TPSA) is 32.3 Å². The number of nitrogens with one attached hydrogen (secondary N) is 1. The Hall–Kier alpha value is -0.990. The number of alkyl halides is 3. The Bertz CT molecular complexity index is 647. The summed E-state index contributed by atoms with van der Waals surface area (Å²) in [4.78, 5) is 14.1. The fourth-order valence-corrected chi connectivity index (χ4v) is 3.61. The van der Waals surface area contributed by atoms with Crippen molar-refractivity contribution in [3.8, 4) is 0 Å². The first-order valence-electron chi connectivity index (χ1n) is 7.75. The summed E-state index contributed by atoms with van der Waals surface area (Å²) in [5.41, 5.74) is -0.919. The second-order valence-electron chi connectivity index (χ2n) is 5.96. The predicted octanol–water partition coefficient (Wildman–Crippen LogP) is 5.05. The van der Waals surface area contributed by atoms with Gasteiger partial charge in [0.2, 0.25) is 5.91 Å². The molecule has 0 saturated carbocycles.